The fraction of sp³-hybridized carbons (Fsp3) is 0.136. The molecule has 10 heteroatoms. The van der Waals surface area contributed by atoms with Gasteiger partial charge in [0.15, 0.2) is 0 Å². The summed E-state index contributed by atoms with van der Waals surface area (Å²) in [5.74, 6) is -3.13. The number of nitrogens with zero attached hydrogens (tertiary/aromatic N) is 1. The molecule has 0 saturated carbocycles. The Morgan fingerprint density at radius 3 is 2.56 bits per heavy atom. The molecule has 0 saturated heterocycles. The van der Waals surface area contributed by atoms with Crippen molar-refractivity contribution in [2.24, 2.45) is 0 Å². The van der Waals surface area contributed by atoms with E-state index in [0.717, 1.165) is 0 Å². The molecule has 0 unspecified atom stereocenters. The summed E-state index contributed by atoms with van der Waals surface area (Å²) in [6.45, 7) is 1.80. The van der Waals surface area contributed by atoms with Crippen molar-refractivity contribution < 1.29 is 29.0 Å². The molecule has 32 heavy (non-hydrogen) atoms. The summed E-state index contributed by atoms with van der Waals surface area (Å²) in [7, 11) is 0. The van der Waals surface area contributed by atoms with Gasteiger partial charge >= 0.3 is 11.9 Å². The predicted molar refractivity (Wildman–Crippen MR) is 114 cm³/mol. The van der Waals surface area contributed by atoms with Gasteiger partial charge in [-0.1, -0.05) is 12.1 Å². The smallest absolute Gasteiger partial charge is 0.337 e. The molecule has 3 rings (SSSR count). The van der Waals surface area contributed by atoms with Gasteiger partial charge in [0.2, 0.25) is 5.91 Å². The Morgan fingerprint density at radius 1 is 1.09 bits per heavy atom. The molecule has 3 aromatic rings. The van der Waals surface area contributed by atoms with Gasteiger partial charge in [0.05, 0.1) is 40.7 Å². The van der Waals surface area contributed by atoms with E-state index in [1.807, 2.05) is 6.07 Å². The molecule has 0 radical (unpaired) electrons. The highest BCUT2D eigenvalue weighted by Crippen LogP contribution is 2.25. The van der Waals surface area contributed by atoms with Crippen LogP contribution in [0.25, 0.3) is 10.9 Å². The van der Waals surface area contributed by atoms with Crippen LogP contribution in [-0.4, -0.2) is 40.5 Å². The number of para-hydroxylation sites is 1. The van der Waals surface area contributed by atoms with Crippen molar-refractivity contribution in [3.8, 4) is 6.07 Å². The summed E-state index contributed by atoms with van der Waals surface area (Å²) in [6.07, 6.45) is -0.449. The standard InChI is InChI=1S/C22H18N4O6/c1-2-32-19(28)10-18(27)24-16-5-3-4-13-9-17(25-20(13)16)21(29)26-15-7-6-12(11-23)8-14(15)22(30)31/h3-9,25H,2,10H2,1H3,(H,24,27)(H,26,29)(H,30,31). The number of aromatic carboxylic acids is 1. The van der Waals surface area contributed by atoms with E-state index in [1.54, 1.807) is 25.1 Å². The van der Waals surface area contributed by atoms with E-state index in [-0.39, 0.29) is 29.1 Å². The molecule has 0 atom stereocenters. The molecule has 0 aliphatic heterocycles. The van der Waals surface area contributed by atoms with Gasteiger partial charge in [-0.15, -0.1) is 0 Å². The maximum Gasteiger partial charge on any atom is 0.337 e. The Hall–Kier alpha value is -4.65. The molecule has 1 aromatic heterocycles. The van der Waals surface area contributed by atoms with Gasteiger partial charge < -0.3 is 25.5 Å². The molecular formula is C22H18N4O6. The quantitative estimate of drug-likeness (QED) is 0.328. The SMILES string of the molecule is CCOC(=O)CC(=O)Nc1cccc2cc(C(=O)Nc3ccc(C#N)cc3C(=O)O)[nH]c12. The van der Waals surface area contributed by atoms with Crippen LogP contribution in [0.4, 0.5) is 11.4 Å². The molecule has 0 fully saturated rings. The van der Waals surface area contributed by atoms with E-state index in [1.165, 1.54) is 24.3 Å². The number of H-pyrrole nitrogens is 1. The number of carboxylic acids is 1. The van der Waals surface area contributed by atoms with Gasteiger partial charge in [0, 0.05) is 5.39 Å². The van der Waals surface area contributed by atoms with E-state index in [9.17, 15) is 24.3 Å². The number of esters is 1. The summed E-state index contributed by atoms with van der Waals surface area (Å²) < 4.78 is 4.75. The number of benzene rings is 2. The van der Waals surface area contributed by atoms with Crippen LogP contribution >= 0.6 is 0 Å². The molecule has 2 aromatic carbocycles. The number of anilines is 2. The summed E-state index contributed by atoms with van der Waals surface area (Å²) in [4.78, 5) is 50.7. The summed E-state index contributed by atoms with van der Waals surface area (Å²) in [5.41, 5.74) is 0.888. The lowest BCUT2D eigenvalue weighted by molar-refractivity contribution is -0.145. The van der Waals surface area contributed by atoms with Crippen LogP contribution in [0.5, 0.6) is 0 Å². The highest BCUT2D eigenvalue weighted by Gasteiger charge is 2.18. The minimum Gasteiger partial charge on any atom is -0.478 e. The molecule has 10 nitrogen and oxygen atoms in total. The molecule has 0 spiro atoms. The number of nitriles is 1. The van der Waals surface area contributed by atoms with Crippen LogP contribution in [0.2, 0.25) is 0 Å². The summed E-state index contributed by atoms with van der Waals surface area (Å²) in [5, 5.41) is 24.0. The first-order valence-corrected chi connectivity index (χ1v) is 9.48. The highest BCUT2D eigenvalue weighted by molar-refractivity contribution is 6.11. The van der Waals surface area contributed by atoms with Crippen molar-refractivity contribution >= 4 is 46.0 Å². The van der Waals surface area contributed by atoms with E-state index in [4.69, 9.17) is 10.00 Å². The zero-order chi connectivity index (χ0) is 23.3. The third kappa shape index (κ3) is 4.91. The fourth-order valence-electron chi connectivity index (χ4n) is 3.01. The van der Waals surface area contributed by atoms with Gasteiger partial charge in [-0.25, -0.2) is 4.79 Å². The number of carbonyl (C=O) groups excluding carboxylic acids is 3. The second-order valence-corrected chi connectivity index (χ2v) is 6.61. The molecule has 162 valence electrons. The normalized spacial score (nSPS) is 10.2. The van der Waals surface area contributed by atoms with Crippen molar-refractivity contribution in [3.05, 3.63) is 59.3 Å². The number of carbonyl (C=O) groups is 4. The van der Waals surface area contributed by atoms with Crippen molar-refractivity contribution in [1.29, 1.82) is 5.26 Å². The van der Waals surface area contributed by atoms with Gasteiger partial charge in [0.1, 0.15) is 12.1 Å². The molecular weight excluding hydrogens is 416 g/mol. The third-order valence-electron chi connectivity index (χ3n) is 4.41. The predicted octanol–water partition coefficient (Wildman–Crippen LogP) is 2.88. The Balaban J connectivity index is 1.83. The van der Waals surface area contributed by atoms with Crippen molar-refractivity contribution in [3.63, 3.8) is 0 Å². The monoisotopic (exact) mass is 434 g/mol. The van der Waals surface area contributed by atoms with E-state index >= 15 is 0 Å². The average Bonchev–Trinajstić information content (AvgIpc) is 3.19. The zero-order valence-corrected chi connectivity index (χ0v) is 16.9. The van der Waals surface area contributed by atoms with E-state index in [0.29, 0.717) is 16.6 Å². The lowest BCUT2D eigenvalue weighted by Gasteiger charge is -2.08. The van der Waals surface area contributed by atoms with Crippen LogP contribution in [0.1, 0.15) is 39.8 Å². The van der Waals surface area contributed by atoms with Gasteiger partial charge in [-0.05, 0) is 37.3 Å². The van der Waals surface area contributed by atoms with E-state index in [2.05, 4.69) is 15.6 Å². The number of rotatable bonds is 7. The van der Waals surface area contributed by atoms with Crippen molar-refractivity contribution in [1.82, 2.24) is 4.98 Å². The Bertz CT molecular complexity index is 1270. The van der Waals surface area contributed by atoms with Crippen molar-refractivity contribution in [2.75, 3.05) is 17.2 Å². The first-order valence-electron chi connectivity index (χ1n) is 9.48. The Labute approximate surface area is 181 Å². The highest BCUT2D eigenvalue weighted by atomic mass is 16.5. The number of fused-ring (bicyclic) bond motifs is 1. The second-order valence-electron chi connectivity index (χ2n) is 6.61. The van der Waals surface area contributed by atoms with Crippen molar-refractivity contribution in [2.45, 2.75) is 13.3 Å². The first-order chi connectivity index (χ1) is 15.3. The van der Waals surface area contributed by atoms with Gasteiger partial charge in [-0.3, -0.25) is 14.4 Å². The maximum absolute atomic E-state index is 12.7. The molecule has 1 heterocycles. The molecule has 0 aliphatic rings. The molecule has 2 amide bonds. The maximum atomic E-state index is 12.7. The summed E-state index contributed by atoms with van der Waals surface area (Å²) >= 11 is 0. The van der Waals surface area contributed by atoms with Crippen LogP contribution in [0.15, 0.2) is 42.5 Å². The minimum absolute atomic E-state index is 0.0307. The topological polar surface area (TPSA) is 161 Å². The third-order valence-corrected chi connectivity index (χ3v) is 4.41. The Morgan fingerprint density at radius 2 is 1.88 bits per heavy atom. The average molecular weight is 434 g/mol. The lowest BCUT2D eigenvalue weighted by Crippen LogP contribution is -2.18. The fourth-order valence-corrected chi connectivity index (χ4v) is 3.01. The number of carboxylic acid groups (broad SMARTS) is 1. The minimum atomic E-state index is -1.29. The van der Waals surface area contributed by atoms with Gasteiger partial charge in [0.25, 0.3) is 5.91 Å². The van der Waals surface area contributed by atoms with E-state index < -0.39 is 30.2 Å². The molecule has 0 aliphatic carbocycles. The van der Waals surface area contributed by atoms with Crippen LogP contribution in [-0.2, 0) is 14.3 Å². The number of ether oxygens (including phenoxy) is 1. The lowest BCUT2D eigenvalue weighted by atomic mass is 10.1. The number of aromatic amines is 1. The largest absolute Gasteiger partial charge is 0.478 e. The number of aromatic nitrogens is 1. The molecule has 0 bridgehead atoms. The summed E-state index contributed by atoms with van der Waals surface area (Å²) in [6, 6.07) is 12.3. The van der Waals surface area contributed by atoms with Crippen LogP contribution < -0.4 is 10.6 Å². The second kappa shape index (κ2) is 9.44. The van der Waals surface area contributed by atoms with Gasteiger partial charge in [-0.2, -0.15) is 5.26 Å². The number of nitrogens with one attached hydrogen (secondary N) is 3. The number of amides is 2. The molecule has 4 N–H and O–H groups in total. The Kier molecular flexibility index (Phi) is 6.50. The number of hydrogen-bond donors (Lipinski definition) is 4. The van der Waals surface area contributed by atoms with Crippen LogP contribution in [0, 0.1) is 11.3 Å². The number of hydrogen-bond acceptors (Lipinski definition) is 6. The van der Waals surface area contributed by atoms with Crippen LogP contribution in [0.3, 0.4) is 0 Å². The zero-order valence-electron chi connectivity index (χ0n) is 16.9. The first kappa shape index (κ1) is 22.0.